The van der Waals surface area contributed by atoms with Gasteiger partial charge in [0.05, 0.1) is 16.2 Å². The number of nitrogens with zero attached hydrogens (tertiary/aromatic N) is 3. The number of nitrogens with one attached hydrogen (secondary N) is 3. The highest BCUT2D eigenvalue weighted by Crippen LogP contribution is 2.49. The van der Waals surface area contributed by atoms with Crippen molar-refractivity contribution in [2.24, 2.45) is 32.5 Å². The van der Waals surface area contributed by atoms with Crippen LogP contribution in [0, 0.1) is 32.5 Å². The van der Waals surface area contributed by atoms with E-state index in [0.717, 1.165) is 57.8 Å². The molecular weight excluding hydrogens is 817 g/mol. The number of aromatic nitrogens is 3. The Kier molecular flexibility index (Phi) is 15.3. The molecule has 0 radical (unpaired) electrons. The third kappa shape index (κ3) is 12.2. The molecule has 0 aliphatic heterocycles. The number of anilines is 3. The molecular formula is C57H66N6O3. The number of hydrogen-bond donors (Lipinski definition) is 3. The molecule has 6 unspecified atom stereocenters. The van der Waals surface area contributed by atoms with Gasteiger partial charge in [0.1, 0.15) is 0 Å². The van der Waals surface area contributed by atoms with Crippen LogP contribution in [0.1, 0.15) is 97.8 Å². The van der Waals surface area contributed by atoms with Crippen molar-refractivity contribution in [1.82, 2.24) is 15.0 Å². The molecule has 0 fully saturated rings. The van der Waals surface area contributed by atoms with E-state index >= 15 is 0 Å². The first-order valence-electron chi connectivity index (χ1n) is 23.6. The lowest BCUT2D eigenvalue weighted by Crippen LogP contribution is -2.35. The van der Waals surface area contributed by atoms with Crippen LogP contribution in [0.5, 0.6) is 0 Å². The van der Waals surface area contributed by atoms with Gasteiger partial charge >= 0.3 is 0 Å². The Labute approximate surface area is 392 Å². The second kappa shape index (κ2) is 21.2. The van der Waals surface area contributed by atoms with E-state index in [1.165, 1.54) is 0 Å². The van der Waals surface area contributed by atoms with Crippen molar-refractivity contribution < 1.29 is 14.4 Å². The van der Waals surface area contributed by atoms with Gasteiger partial charge in [-0.25, -0.2) is 0 Å². The first-order valence-corrected chi connectivity index (χ1v) is 23.6. The molecule has 7 rings (SSSR count). The number of rotatable bonds is 6. The molecule has 6 aliphatic carbocycles. The minimum absolute atomic E-state index is 0.0824. The normalized spacial score (nSPS) is 36.0. The molecule has 6 atom stereocenters. The number of allylic oxidation sites excluding steroid dienone is 27. The SMILES string of the molecule is CC1(C(=O)Nc2nc(NC(=O)C3(C)C=CC4(C=CC/C=C\C/C=C\C/C=C\4)C3)nc(NC(=O)C3(C)C=CC4(C=CC/C=C\C/C=C\C/C=C\4)C3)n2)C=CC2(C=CC/C=C\C/C=C\C/C=C\2)C1. The number of carbonyl (C=O) groups excluding carboxylic acids is 3. The fraction of sp³-hybridized carbons (Fsp3) is 0.368. The fourth-order valence-electron chi connectivity index (χ4n) is 9.46. The first kappa shape index (κ1) is 47.5. The maximum absolute atomic E-state index is 14.4. The number of hydrogen-bond acceptors (Lipinski definition) is 6. The van der Waals surface area contributed by atoms with Gasteiger partial charge < -0.3 is 0 Å². The van der Waals surface area contributed by atoms with E-state index in [4.69, 9.17) is 0 Å². The van der Waals surface area contributed by atoms with Crippen LogP contribution in [0.4, 0.5) is 17.8 Å². The predicted octanol–water partition coefficient (Wildman–Crippen LogP) is 12.8. The van der Waals surface area contributed by atoms with Gasteiger partial charge in [0.25, 0.3) is 0 Å². The van der Waals surface area contributed by atoms with Crippen molar-refractivity contribution >= 4 is 35.6 Å². The summed E-state index contributed by atoms with van der Waals surface area (Å²) >= 11 is 0. The lowest BCUT2D eigenvalue weighted by atomic mass is 9.77. The van der Waals surface area contributed by atoms with Crippen molar-refractivity contribution in [2.75, 3.05) is 16.0 Å². The molecule has 0 aromatic carbocycles. The van der Waals surface area contributed by atoms with Crippen LogP contribution in [0.25, 0.3) is 0 Å². The molecule has 9 nitrogen and oxygen atoms in total. The van der Waals surface area contributed by atoms with Crippen molar-refractivity contribution in [3.05, 3.63) is 182 Å². The van der Waals surface area contributed by atoms with Crippen LogP contribution in [-0.2, 0) is 14.4 Å². The quantitative estimate of drug-likeness (QED) is 0.244. The highest BCUT2D eigenvalue weighted by molar-refractivity contribution is 5.99. The lowest BCUT2D eigenvalue weighted by molar-refractivity contribution is -0.123. The zero-order chi connectivity index (χ0) is 46.4. The average Bonchev–Trinajstić information content (AvgIpc) is 3.94. The van der Waals surface area contributed by atoms with Crippen molar-refractivity contribution in [1.29, 1.82) is 0 Å². The second-order valence-corrected chi connectivity index (χ2v) is 19.2. The smallest absolute Gasteiger partial charge is 0.236 e. The molecule has 6 aliphatic rings. The van der Waals surface area contributed by atoms with Gasteiger partial charge in [0.15, 0.2) is 0 Å². The number of amides is 3. The zero-order valence-electron chi connectivity index (χ0n) is 38.9. The van der Waals surface area contributed by atoms with Gasteiger partial charge in [0, 0.05) is 16.2 Å². The molecule has 0 saturated carbocycles. The predicted molar refractivity (Wildman–Crippen MR) is 270 cm³/mol. The molecule has 3 N–H and O–H groups in total. The Hall–Kier alpha value is -6.48. The van der Waals surface area contributed by atoms with E-state index in [1.54, 1.807) is 0 Å². The fourth-order valence-corrected chi connectivity index (χ4v) is 9.46. The molecule has 3 amide bonds. The molecule has 66 heavy (non-hydrogen) atoms. The summed E-state index contributed by atoms with van der Waals surface area (Å²) in [5.74, 6) is -1.20. The van der Waals surface area contributed by atoms with E-state index < -0.39 is 32.5 Å². The van der Waals surface area contributed by atoms with Gasteiger partial charge in [-0.3, -0.25) is 30.3 Å². The Morgan fingerprint density at radius 1 is 0.318 bits per heavy atom. The summed E-state index contributed by atoms with van der Waals surface area (Å²) in [6.07, 6.45) is 72.9. The molecule has 3 spiro atoms. The lowest BCUT2D eigenvalue weighted by Gasteiger charge is -2.28. The minimum atomic E-state index is -0.926. The molecule has 0 bridgehead atoms. The van der Waals surface area contributed by atoms with Gasteiger partial charge in [-0.05, 0) is 97.8 Å². The maximum Gasteiger partial charge on any atom is 0.236 e. The van der Waals surface area contributed by atoms with E-state index in [9.17, 15) is 14.4 Å². The van der Waals surface area contributed by atoms with Crippen molar-refractivity contribution in [3.63, 3.8) is 0 Å². The standard InChI is InChI=1S/C57H66N6O3/c1-52(37-40-55(43-52)31-25-19-13-7-4-8-14-20-26-32-55)46(64)58-49-61-50(59-47(65)53(2)38-41-56(44-53)33-27-21-15-9-5-10-16-22-28-34-56)63-51(62-49)60-48(66)54(3)39-42-57(45-54)35-29-23-17-11-6-12-18-24-30-36-57/h7-18,25-42H,4-6,19-24,43-45H2,1-3H3,(H3,58,59,60,61,62,63,64,65,66)/b13-7-,14-8-,15-9-,16-10-,17-11-,18-12-,31-25-,32-26?,33-27-,34-28?,35-29-,36-30?. The molecule has 9 heteroatoms. The maximum atomic E-state index is 14.4. The van der Waals surface area contributed by atoms with Gasteiger partial charge in [-0.15, -0.1) is 0 Å². The highest BCUT2D eigenvalue weighted by Gasteiger charge is 2.46. The van der Waals surface area contributed by atoms with Gasteiger partial charge in [-0.2, -0.15) is 15.0 Å². The summed E-state index contributed by atoms with van der Waals surface area (Å²) in [5.41, 5.74) is -4.14. The Morgan fingerprint density at radius 3 is 0.727 bits per heavy atom. The average molecular weight is 883 g/mol. The molecule has 1 aromatic heterocycles. The van der Waals surface area contributed by atoms with Gasteiger partial charge in [0.2, 0.25) is 35.6 Å². The largest absolute Gasteiger partial charge is 0.294 e. The summed E-state index contributed by atoms with van der Waals surface area (Å²) in [5, 5.41) is 8.84. The monoisotopic (exact) mass is 883 g/mol. The third-order valence-electron chi connectivity index (χ3n) is 13.2. The van der Waals surface area contributed by atoms with E-state index in [1.807, 2.05) is 39.0 Å². The molecule has 1 aromatic rings. The summed E-state index contributed by atoms with van der Waals surface area (Å²) < 4.78 is 0. The van der Waals surface area contributed by atoms with Crippen LogP contribution < -0.4 is 16.0 Å². The second-order valence-electron chi connectivity index (χ2n) is 19.2. The Balaban J connectivity index is 1.14. The molecule has 0 saturated heterocycles. The summed E-state index contributed by atoms with van der Waals surface area (Å²) in [6, 6.07) is 0. The van der Waals surface area contributed by atoms with Crippen molar-refractivity contribution in [2.45, 2.75) is 97.8 Å². The zero-order valence-corrected chi connectivity index (χ0v) is 38.9. The highest BCUT2D eigenvalue weighted by atomic mass is 16.2. The topological polar surface area (TPSA) is 126 Å². The van der Waals surface area contributed by atoms with Crippen molar-refractivity contribution in [3.8, 4) is 0 Å². The van der Waals surface area contributed by atoms with Crippen LogP contribution in [0.15, 0.2) is 182 Å². The summed E-state index contributed by atoms with van der Waals surface area (Å²) in [4.78, 5) is 56.9. The number of carbonyl (C=O) groups is 3. The van der Waals surface area contributed by atoms with Crippen LogP contribution in [0.3, 0.4) is 0 Å². The van der Waals surface area contributed by atoms with Gasteiger partial charge in [-0.1, -0.05) is 182 Å². The Bertz CT molecular complexity index is 2100. The van der Waals surface area contributed by atoms with Crippen LogP contribution in [-0.4, -0.2) is 32.7 Å². The Morgan fingerprint density at radius 2 is 0.515 bits per heavy atom. The molecule has 1 heterocycles. The molecule has 342 valence electrons. The minimum Gasteiger partial charge on any atom is -0.294 e. The van der Waals surface area contributed by atoms with E-state index in [2.05, 4.69) is 195 Å². The first-order chi connectivity index (χ1) is 31.9. The van der Waals surface area contributed by atoms with E-state index in [0.29, 0.717) is 19.3 Å². The van der Waals surface area contributed by atoms with E-state index in [-0.39, 0.29) is 35.6 Å². The summed E-state index contributed by atoms with van der Waals surface area (Å²) in [6.45, 7) is 5.71. The van der Waals surface area contributed by atoms with Crippen LogP contribution in [0.2, 0.25) is 0 Å². The van der Waals surface area contributed by atoms with Crippen LogP contribution >= 0.6 is 0 Å². The third-order valence-corrected chi connectivity index (χ3v) is 13.2. The summed E-state index contributed by atoms with van der Waals surface area (Å²) in [7, 11) is 0.